The Morgan fingerprint density at radius 3 is 2.87 bits per heavy atom. The fourth-order valence-corrected chi connectivity index (χ4v) is 0.987. The first kappa shape index (κ1) is 10.9. The molecule has 0 saturated carbocycles. The first-order valence-corrected chi connectivity index (χ1v) is 4.10. The second-order valence-electron chi connectivity index (χ2n) is 2.62. The Balaban J connectivity index is 2.86. The lowest BCUT2D eigenvalue weighted by Crippen LogP contribution is -2.05. The molecule has 0 aliphatic rings. The van der Waals surface area contributed by atoms with Crippen molar-refractivity contribution in [1.82, 2.24) is 0 Å². The van der Waals surface area contributed by atoms with Gasteiger partial charge >= 0.3 is 5.97 Å². The van der Waals surface area contributed by atoms with E-state index in [1.54, 1.807) is 6.07 Å². The van der Waals surface area contributed by atoms with E-state index in [1.165, 1.54) is 25.3 Å². The molecule has 0 aliphatic heterocycles. The highest BCUT2D eigenvalue weighted by Gasteiger charge is 2.12. The summed E-state index contributed by atoms with van der Waals surface area (Å²) in [6, 6.07) is 5.84. The molecule has 1 aromatic rings. The molecule has 1 N–H and O–H groups in total. The zero-order valence-electron chi connectivity index (χ0n) is 8.06. The molecule has 5 heteroatoms. The van der Waals surface area contributed by atoms with Gasteiger partial charge in [-0.25, -0.2) is 4.79 Å². The number of phenolic OH excluding ortho intramolecular Hbond substituents is 1. The van der Waals surface area contributed by atoms with Crippen LogP contribution in [0.3, 0.4) is 0 Å². The highest BCUT2D eigenvalue weighted by molar-refractivity contribution is 5.92. The van der Waals surface area contributed by atoms with Crippen LogP contribution in [0.1, 0.15) is 10.4 Å². The number of phenols is 1. The van der Waals surface area contributed by atoms with E-state index >= 15 is 0 Å². The Morgan fingerprint density at radius 1 is 1.60 bits per heavy atom. The van der Waals surface area contributed by atoms with E-state index in [1.807, 2.05) is 0 Å². The standard InChI is InChI=1S/C10H9NO4/c1-14-7-2-3-8(9(12)6-7)10(13)15-5-4-11/h2-3,6,12H,5H2,1H3. The van der Waals surface area contributed by atoms with Gasteiger partial charge in [0.05, 0.1) is 7.11 Å². The van der Waals surface area contributed by atoms with Crippen molar-refractivity contribution in [3.05, 3.63) is 23.8 Å². The first-order valence-electron chi connectivity index (χ1n) is 4.10. The lowest BCUT2D eigenvalue weighted by atomic mass is 10.2. The number of hydrogen-bond donors (Lipinski definition) is 1. The summed E-state index contributed by atoms with van der Waals surface area (Å²) in [6.45, 7) is -0.343. The van der Waals surface area contributed by atoms with Crippen LogP contribution < -0.4 is 4.74 Å². The van der Waals surface area contributed by atoms with Gasteiger partial charge in [-0.15, -0.1) is 0 Å². The van der Waals surface area contributed by atoms with Gasteiger partial charge in [-0.2, -0.15) is 5.26 Å². The van der Waals surface area contributed by atoms with Crippen molar-refractivity contribution < 1.29 is 19.4 Å². The van der Waals surface area contributed by atoms with Crippen molar-refractivity contribution in [3.8, 4) is 17.6 Å². The summed E-state index contributed by atoms with van der Waals surface area (Å²) >= 11 is 0. The zero-order chi connectivity index (χ0) is 11.3. The molecule has 0 amide bonds. The highest BCUT2D eigenvalue weighted by atomic mass is 16.5. The number of carbonyl (C=O) groups is 1. The number of rotatable bonds is 3. The van der Waals surface area contributed by atoms with E-state index in [2.05, 4.69) is 4.74 Å². The molecule has 0 aromatic heterocycles. The molecule has 0 saturated heterocycles. The SMILES string of the molecule is COc1ccc(C(=O)OCC#N)c(O)c1. The molecule has 0 heterocycles. The quantitative estimate of drug-likeness (QED) is 0.750. The number of nitriles is 1. The number of esters is 1. The third-order valence-electron chi connectivity index (χ3n) is 1.69. The minimum Gasteiger partial charge on any atom is -0.507 e. The molecule has 0 aliphatic carbocycles. The summed E-state index contributed by atoms with van der Waals surface area (Å²) in [5.41, 5.74) is 0.00560. The molecule has 5 nitrogen and oxygen atoms in total. The normalized spacial score (nSPS) is 9.07. The second-order valence-corrected chi connectivity index (χ2v) is 2.62. The minimum absolute atomic E-state index is 0.00560. The Hall–Kier alpha value is -2.22. The van der Waals surface area contributed by atoms with Gasteiger partial charge in [0.2, 0.25) is 0 Å². The summed E-state index contributed by atoms with van der Waals surface area (Å²) in [6.07, 6.45) is 0. The van der Waals surface area contributed by atoms with Crippen LogP contribution in [0.15, 0.2) is 18.2 Å². The van der Waals surface area contributed by atoms with Crippen LogP contribution in [0, 0.1) is 11.3 Å². The summed E-state index contributed by atoms with van der Waals surface area (Å²) in [5.74, 6) is -0.543. The number of benzene rings is 1. The lowest BCUT2D eigenvalue weighted by Gasteiger charge is -2.05. The predicted molar refractivity (Wildman–Crippen MR) is 50.6 cm³/mol. The number of nitrogens with zero attached hydrogens (tertiary/aromatic N) is 1. The van der Waals surface area contributed by atoms with Crippen molar-refractivity contribution in [1.29, 1.82) is 5.26 Å². The van der Waals surface area contributed by atoms with Gasteiger partial charge in [0.15, 0.2) is 6.61 Å². The van der Waals surface area contributed by atoms with Crippen molar-refractivity contribution in [2.24, 2.45) is 0 Å². The fourth-order valence-electron chi connectivity index (χ4n) is 0.987. The highest BCUT2D eigenvalue weighted by Crippen LogP contribution is 2.23. The second kappa shape index (κ2) is 4.86. The van der Waals surface area contributed by atoms with Gasteiger partial charge in [0.1, 0.15) is 23.1 Å². The topological polar surface area (TPSA) is 79.5 Å². The van der Waals surface area contributed by atoms with Crippen LogP contribution in [0.5, 0.6) is 11.5 Å². The molecule has 0 bridgehead atoms. The molecule has 15 heavy (non-hydrogen) atoms. The van der Waals surface area contributed by atoms with Crippen LogP contribution in [0.4, 0.5) is 0 Å². The molecule has 0 atom stereocenters. The molecule has 1 rings (SSSR count). The van der Waals surface area contributed by atoms with Crippen molar-refractivity contribution in [2.75, 3.05) is 13.7 Å². The number of methoxy groups -OCH3 is 1. The molecule has 0 radical (unpaired) electrons. The van der Waals surface area contributed by atoms with Gasteiger partial charge in [0.25, 0.3) is 0 Å². The monoisotopic (exact) mass is 207 g/mol. The summed E-state index contributed by atoms with van der Waals surface area (Å²) in [5, 5.41) is 17.6. The summed E-state index contributed by atoms with van der Waals surface area (Å²) < 4.78 is 9.38. The average Bonchev–Trinajstić information content (AvgIpc) is 2.25. The maximum absolute atomic E-state index is 11.2. The maximum atomic E-state index is 11.2. The molecular formula is C10H9NO4. The van der Waals surface area contributed by atoms with Crippen molar-refractivity contribution >= 4 is 5.97 Å². The Bertz CT molecular complexity index is 408. The molecule has 0 unspecified atom stereocenters. The Morgan fingerprint density at radius 2 is 2.33 bits per heavy atom. The number of carbonyl (C=O) groups excluding carboxylic acids is 1. The number of aromatic hydroxyl groups is 1. The van der Waals surface area contributed by atoms with Crippen LogP contribution in [0.25, 0.3) is 0 Å². The van der Waals surface area contributed by atoms with Gasteiger partial charge in [-0.3, -0.25) is 0 Å². The summed E-state index contributed by atoms with van der Waals surface area (Å²) in [7, 11) is 1.45. The molecule has 78 valence electrons. The first-order chi connectivity index (χ1) is 7.19. The van der Waals surface area contributed by atoms with Crippen LogP contribution >= 0.6 is 0 Å². The predicted octanol–water partition coefficient (Wildman–Crippen LogP) is 1.08. The molecule has 0 fully saturated rings. The van der Waals surface area contributed by atoms with Gasteiger partial charge in [0, 0.05) is 6.07 Å². The molecule has 0 spiro atoms. The van der Waals surface area contributed by atoms with E-state index in [0.717, 1.165) is 0 Å². The summed E-state index contributed by atoms with van der Waals surface area (Å²) in [4.78, 5) is 11.2. The smallest absolute Gasteiger partial charge is 0.342 e. The average molecular weight is 207 g/mol. The van der Waals surface area contributed by atoms with E-state index in [4.69, 9.17) is 10.00 Å². The van der Waals surface area contributed by atoms with Crippen LogP contribution in [-0.2, 0) is 4.74 Å². The van der Waals surface area contributed by atoms with E-state index in [-0.39, 0.29) is 17.9 Å². The molecular weight excluding hydrogens is 198 g/mol. The number of hydrogen-bond acceptors (Lipinski definition) is 5. The lowest BCUT2D eigenvalue weighted by molar-refractivity contribution is 0.0551. The van der Waals surface area contributed by atoms with Crippen LogP contribution in [0.2, 0.25) is 0 Å². The van der Waals surface area contributed by atoms with Gasteiger partial charge in [-0.05, 0) is 12.1 Å². The third kappa shape index (κ3) is 2.61. The third-order valence-corrected chi connectivity index (χ3v) is 1.69. The number of ether oxygens (including phenoxy) is 2. The van der Waals surface area contributed by atoms with Crippen molar-refractivity contribution in [2.45, 2.75) is 0 Å². The Kier molecular flexibility index (Phi) is 3.52. The van der Waals surface area contributed by atoms with E-state index in [0.29, 0.717) is 5.75 Å². The van der Waals surface area contributed by atoms with Crippen molar-refractivity contribution in [3.63, 3.8) is 0 Å². The van der Waals surface area contributed by atoms with E-state index < -0.39 is 5.97 Å². The van der Waals surface area contributed by atoms with Gasteiger partial charge in [-0.1, -0.05) is 0 Å². The molecule has 1 aromatic carbocycles. The zero-order valence-corrected chi connectivity index (χ0v) is 8.06. The maximum Gasteiger partial charge on any atom is 0.342 e. The van der Waals surface area contributed by atoms with Gasteiger partial charge < -0.3 is 14.6 Å². The minimum atomic E-state index is -0.739. The Labute approximate surface area is 86.5 Å². The van der Waals surface area contributed by atoms with Crippen LogP contribution in [-0.4, -0.2) is 24.8 Å². The van der Waals surface area contributed by atoms with E-state index in [9.17, 15) is 9.90 Å². The largest absolute Gasteiger partial charge is 0.507 e. The fraction of sp³-hybridized carbons (Fsp3) is 0.200.